The Bertz CT molecular complexity index is 807. The van der Waals surface area contributed by atoms with Crippen molar-refractivity contribution in [2.45, 2.75) is 95.1 Å². The zero-order valence-corrected chi connectivity index (χ0v) is 19.9. The summed E-state index contributed by atoms with van der Waals surface area (Å²) in [4.78, 5) is 25.8. The molecule has 0 aliphatic carbocycles. The topological polar surface area (TPSA) is 112 Å². The normalized spacial score (nSPS) is 27.3. The minimum atomic E-state index is -4.00. The number of Topliss-reactive ketones (excluding diaryl/α,β-unsaturated/α-hetero) is 1. The van der Waals surface area contributed by atoms with Gasteiger partial charge >= 0.3 is 5.12 Å². The lowest BCUT2D eigenvalue weighted by Gasteiger charge is -2.30. The Morgan fingerprint density at radius 3 is 2.31 bits per heavy atom. The number of hydrogen-bond acceptors (Lipinski definition) is 8. The van der Waals surface area contributed by atoms with Crippen molar-refractivity contribution in [3.63, 3.8) is 0 Å². The van der Waals surface area contributed by atoms with E-state index < -0.39 is 51.9 Å². The maximum absolute atomic E-state index is 13.0. The van der Waals surface area contributed by atoms with Crippen molar-refractivity contribution in [1.82, 2.24) is 0 Å². The largest absolute Gasteiger partial charge is 0.350 e. The molecule has 8 nitrogen and oxygen atoms in total. The second-order valence-corrected chi connectivity index (χ2v) is 10.7. The van der Waals surface area contributed by atoms with Crippen LogP contribution in [0.4, 0.5) is 0 Å². The van der Waals surface area contributed by atoms with Gasteiger partial charge in [-0.05, 0) is 39.3 Å². The molecule has 4 atom stereocenters. The van der Waals surface area contributed by atoms with Gasteiger partial charge < -0.3 is 18.9 Å². The van der Waals surface area contributed by atoms with Crippen LogP contribution in [0.3, 0.4) is 0 Å². The third-order valence-electron chi connectivity index (χ3n) is 5.61. The maximum atomic E-state index is 13.0. The van der Waals surface area contributed by atoms with Gasteiger partial charge in [0.2, 0.25) is 0 Å². The molecule has 0 bridgehead atoms. The first-order valence-electron chi connectivity index (χ1n) is 11.1. The maximum Gasteiger partial charge on any atom is 0.313 e. The lowest BCUT2D eigenvalue weighted by atomic mass is 10.1. The summed E-state index contributed by atoms with van der Waals surface area (Å²) in [5.41, 5.74) is 0.887. The first-order valence-corrected chi connectivity index (χ1v) is 12.7. The van der Waals surface area contributed by atoms with E-state index in [2.05, 4.69) is 6.92 Å². The van der Waals surface area contributed by atoms with Crippen LogP contribution in [0.25, 0.3) is 0 Å². The molecule has 3 rings (SSSR count). The molecule has 0 saturated carbocycles. The smallest absolute Gasteiger partial charge is 0.313 e. The number of carbonyl (C=O) groups excluding carboxylic acids is 2. The van der Waals surface area contributed by atoms with Crippen LogP contribution in [0.15, 0.2) is 29.2 Å². The number of hydrogen-bond donors (Lipinski definition) is 2. The summed E-state index contributed by atoms with van der Waals surface area (Å²) in [6, 6.07) is 6.14. The molecule has 2 aliphatic heterocycles. The molecule has 0 radical (unpaired) electrons. The highest BCUT2D eigenvalue weighted by atomic mass is 32.3. The van der Waals surface area contributed by atoms with Gasteiger partial charge in [-0.25, -0.2) is 0 Å². The highest BCUT2D eigenvalue weighted by molar-refractivity contribution is 8.38. The molecule has 2 saturated heterocycles. The summed E-state index contributed by atoms with van der Waals surface area (Å²) >= 11 is 0. The van der Waals surface area contributed by atoms with Gasteiger partial charge in [0.15, 0.2) is 18.2 Å². The minimum absolute atomic E-state index is 0.0141. The van der Waals surface area contributed by atoms with Gasteiger partial charge in [-0.2, -0.15) is 0 Å². The number of rotatable bonds is 10. The molecule has 2 N–H and O–H groups in total. The molecule has 0 amide bonds. The molecule has 32 heavy (non-hydrogen) atoms. The summed E-state index contributed by atoms with van der Waals surface area (Å²) in [5, 5.41) is -1.31. The van der Waals surface area contributed by atoms with Crippen molar-refractivity contribution in [3.8, 4) is 0 Å². The number of benzene rings is 1. The number of ketones is 1. The van der Waals surface area contributed by atoms with E-state index in [-0.39, 0.29) is 4.90 Å². The lowest BCUT2D eigenvalue weighted by Crippen LogP contribution is -2.40. The monoisotopic (exact) mass is 470 g/mol. The zero-order valence-electron chi connectivity index (χ0n) is 19.1. The van der Waals surface area contributed by atoms with Crippen molar-refractivity contribution < 1.29 is 37.6 Å². The molecular weight excluding hydrogens is 436 g/mol. The van der Waals surface area contributed by atoms with E-state index in [1.807, 2.05) is 6.92 Å². The minimum Gasteiger partial charge on any atom is -0.350 e. The van der Waals surface area contributed by atoms with E-state index in [4.69, 9.17) is 18.9 Å². The Labute approximate surface area is 190 Å². The average Bonchev–Trinajstić information content (AvgIpc) is 3.23. The van der Waals surface area contributed by atoms with Gasteiger partial charge in [-0.3, -0.25) is 18.7 Å². The second-order valence-electron chi connectivity index (χ2n) is 8.79. The van der Waals surface area contributed by atoms with E-state index >= 15 is 0 Å². The summed E-state index contributed by atoms with van der Waals surface area (Å²) in [5.74, 6) is -2.04. The second kappa shape index (κ2) is 10.3. The van der Waals surface area contributed by atoms with Crippen LogP contribution in [-0.4, -0.2) is 57.0 Å². The standard InChI is InChI=1S/C23H34O8S/c1-5-6-7-8-9-14-28-22-20-19(30-23(3,4)31-20)18(29-22)17(24)21(25)32(26,27)16-12-10-15(2)11-13-16/h10-13,18-20,22,26-27H,5-9,14H2,1-4H3/t18-,19+,20+,22+/m1/s1. The predicted octanol–water partition coefficient (Wildman–Crippen LogP) is 4.43. The Morgan fingerprint density at radius 2 is 1.66 bits per heavy atom. The van der Waals surface area contributed by atoms with Crippen molar-refractivity contribution in [2.75, 3.05) is 6.61 Å². The van der Waals surface area contributed by atoms with E-state index in [9.17, 15) is 18.7 Å². The molecule has 1 aromatic rings. The summed E-state index contributed by atoms with van der Waals surface area (Å²) in [6.07, 6.45) is 1.52. The molecule has 0 spiro atoms. The van der Waals surface area contributed by atoms with E-state index in [1.54, 1.807) is 26.0 Å². The third kappa shape index (κ3) is 5.59. The van der Waals surface area contributed by atoms with Gasteiger partial charge in [0.05, 0.1) is 4.90 Å². The number of aryl methyl sites for hydroxylation is 1. The highest BCUT2D eigenvalue weighted by Gasteiger charge is 2.59. The number of unbranched alkanes of at least 4 members (excludes halogenated alkanes) is 4. The average molecular weight is 471 g/mol. The summed E-state index contributed by atoms with van der Waals surface area (Å²) in [6.45, 7) is 7.81. The van der Waals surface area contributed by atoms with Crippen molar-refractivity contribution in [2.24, 2.45) is 0 Å². The number of fused-ring (bicyclic) bond motifs is 1. The van der Waals surface area contributed by atoms with Gasteiger partial charge in [0, 0.05) is 6.61 Å². The third-order valence-corrected chi connectivity index (χ3v) is 7.26. The van der Waals surface area contributed by atoms with Crippen LogP contribution < -0.4 is 0 Å². The summed E-state index contributed by atoms with van der Waals surface area (Å²) < 4.78 is 44.3. The van der Waals surface area contributed by atoms with Crippen LogP contribution >= 0.6 is 10.6 Å². The molecule has 9 heteroatoms. The van der Waals surface area contributed by atoms with Gasteiger partial charge in [-0.15, -0.1) is 10.6 Å². The molecule has 2 fully saturated rings. The van der Waals surface area contributed by atoms with Crippen molar-refractivity contribution >= 4 is 21.5 Å². The van der Waals surface area contributed by atoms with Crippen LogP contribution in [0.2, 0.25) is 0 Å². The first-order chi connectivity index (χ1) is 15.1. The van der Waals surface area contributed by atoms with Gasteiger partial charge in [0.25, 0.3) is 5.78 Å². The predicted molar refractivity (Wildman–Crippen MR) is 120 cm³/mol. The molecule has 2 heterocycles. The van der Waals surface area contributed by atoms with Crippen LogP contribution in [-0.2, 0) is 28.5 Å². The fraction of sp³-hybridized carbons (Fsp3) is 0.652. The Balaban J connectivity index is 1.69. The van der Waals surface area contributed by atoms with Gasteiger partial charge in [0.1, 0.15) is 12.2 Å². The first kappa shape index (κ1) is 25.3. The van der Waals surface area contributed by atoms with E-state index in [0.29, 0.717) is 6.61 Å². The quantitative estimate of drug-likeness (QED) is 0.381. The molecule has 0 unspecified atom stereocenters. The Hall–Kier alpha value is -1.33. The van der Waals surface area contributed by atoms with E-state index in [0.717, 1.165) is 31.2 Å². The fourth-order valence-corrected chi connectivity index (χ4v) is 5.03. The molecule has 180 valence electrons. The molecular formula is C23H34O8S. The van der Waals surface area contributed by atoms with Crippen LogP contribution in [0.5, 0.6) is 0 Å². The van der Waals surface area contributed by atoms with Gasteiger partial charge in [-0.1, -0.05) is 50.3 Å². The lowest BCUT2D eigenvalue weighted by molar-refractivity contribution is -0.231. The fourth-order valence-electron chi connectivity index (χ4n) is 3.90. The number of ether oxygens (including phenoxy) is 4. The SMILES string of the molecule is CCCCCCCO[C@H]1O[C@H](C(=O)C(=O)S(O)(O)c2ccc(C)cc2)[C@@H]2OC(C)(C)O[C@H]12. The summed E-state index contributed by atoms with van der Waals surface area (Å²) in [7, 11) is -4.00. The van der Waals surface area contributed by atoms with Crippen molar-refractivity contribution in [3.05, 3.63) is 29.8 Å². The van der Waals surface area contributed by atoms with Crippen LogP contribution in [0.1, 0.15) is 58.4 Å². The van der Waals surface area contributed by atoms with E-state index in [1.165, 1.54) is 18.6 Å². The molecule has 2 aliphatic rings. The molecule has 1 aromatic carbocycles. The number of carbonyl (C=O) groups is 2. The zero-order chi connectivity index (χ0) is 23.5. The Kier molecular flexibility index (Phi) is 8.14. The van der Waals surface area contributed by atoms with Crippen molar-refractivity contribution in [1.29, 1.82) is 0 Å². The molecule has 0 aromatic heterocycles. The Morgan fingerprint density at radius 1 is 1.03 bits per heavy atom. The van der Waals surface area contributed by atoms with Crippen LogP contribution in [0, 0.1) is 6.92 Å². The highest BCUT2D eigenvalue weighted by Crippen LogP contribution is 2.50.